The van der Waals surface area contributed by atoms with Crippen LogP contribution in [0.15, 0.2) is 23.2 Å². The monoisotopic (exact) mass is 395 g/mol. The van der Waals surface area contributed by atoms with Crippen LogP contribution in [0.3, 0.4) is 0 Å². The molecule has 8 heteroatoms. The van der Waals surface area contributed by atoms with E-state index in [1.54, 1.807) is 11.9 Å². The van der Waals surface area contributed by atoms with Crippen molar-refractivity contribution in [2.24, 2.45) is 4.99 Å². The molecule has 0 spiro atoms. The second-order valence-electron chi connectivity index (χ2n) is 7.80. The molecule has 0 aliphatic carbocycles. The minimum Gasteiger partial charge on any atom is -0.381 e. The van der Waals surface area contributed by atoms with E-state index >= 15 is 0 Å². The van der Waals surface area contributed by atoms with Gasteiger partial charge >= 0.3 is 0 Å². The van der Waals surface area contributed by atoms with Crippen LogP contribution in [-0.2, 0) is 4.74 Å². The van der Waals surface area contributed by atoms with Crippen LogP contribution < -0.4 is 15.5 Å². The standard InChI is InChI=1S/C20H31F2N5O/c1-23-19(24-14-20(26(2)3)8-11-28-12-9-20)25-15-7-10-27(13-15)18-16(21)5-4-6-17(18)22/h4-6,15H,7-14H2,1-3H3,(H2,23,24,25). The second kappa shape index (κ2) is 9.05. The maximum absolute atomic E-state index is 14.0. The molecule has 2 N–H and O–H groups in total. The minimum absolute atomic E-state index is 0.0356. The Morgan fingerprint density at radius 1 is 1.29 bits per heavy atom. The highest BCUT2D eigenvalue weighted by Gasteiger charge is 2.35. The van der Waals surface area contributed by atoms with Crippen LogP contribution in [0.5, 0.6) is 0 Å². The maximum Gasteiger partial charge on any atom is 0.191 e. The number of halogens is 2. The van der Waals surface area contributed by atoms with Crippen LogP contribution >= 0.6 is 0 Å². The summed E-state index contributed by atoms with van der Waals surface area (Å²) in [6.45, 7) is 3.42. The number of benzene rings is 1. The molecule has 6 nitrogen and oxygen atoms in total. The molecule has 2 saturated heterocycles. The summed E-state index contributed by atoms with van der Waals surface area (Å²) in [6.07, 6.45) is 2.72. The minimum atomic E-state index is -0.518. The first-order chi connectivity index (χ1) is 13.4. The summed E-state index contributed by atoms with van der Waals surface area (Å²) >= 11 is 0. The van der Waals surface area contributed by atoms with Crippen LogP contribution in [-0.4, -0.2) is 76.4 Å². The number of nitrogens with zero attached hydrogens (tertiary/aromatic N) is 3. The Bertz CT molecular complexity index is 671. The number of guanidine groups is 1. The molecule has 2 fully saturated rings. The molecule has 0 bridgehead atoms. The van der Waals surface area contributed by atoms with Crippen LogP contribution in [0.1, 0.15) is 19.3 Å². The lowest BCUT2D eigenvalue weighted by molar-refractivity contribution is -0.00502. The number of likely N-dealkylation sites (N-methyl/N-ethyl adjacent to an activating group) is 1. The molecule has 0 aromatic heterocycles. The molecule has 156 valence electrons. The van der Waals surface area contributed by atoms with Gasteiger partial charge in [0, 0.05) is 51.5 Å². The average molecular weight is 395 g/mol. The number of ether oxygens (including phenoxy) is 1. The Morgan fingerprint density at radius 3 is 2.57 bits per heavy atom. The van der Waals surface area contributed by atoms with E-state index in [9.17, 15) is 8.78 Å². The zero-order valence-electron chi connectivity index (χ0n) is 17.0. The summed E-state index contributed by atoms with van der Waals surface area (Å²) in [5, 5.41) is 6.84. The molecular weight excluding hydrogens is 364 g/mol. The van der Waals surface area contributed by atoms with Gasteiger partial charge in [-0.2, -0.15) is 0 Å². The number of hydrogen-bond donors (Lipinski definition) is 2. The smallest absolute Gasteiger partial charge is 0.191 e. The molecule has 2 aliphatic heterocycles. The average Bonchev–Trinajstić information content (AvgIpc) is 3.13. The maximum atomic E-state index is 14.0. The van der Waals surface area contributed by atoms with Gasteiger partial charge in [0.25, 0.3) is 0 Å². The summed E-state index contributed by atoms with van der Waals surface area (Å²) in [6, 6.07) is 4.07. The lowest BCUT2D eigenvalue weighted by atomic mass is 9.88. The number of para-hydroxylation sites is 1. The SMILES string of the molecule is CN=C(NCC1(N(C)C)CCOCC1)NC1CCN(c2c(F)cccc2F)C1. The van der Waals surface area contributed by atoms with E-state index in [1.165, 1.54) is 18.2 Å². The zero-order chi connectivity index (χ0) is 20.1. The fourth-order valence-corrected chi connectivity index (χ4v) is 4.04. The predicted molar refractivity (Wildman–Crippen MR) is 108 cm³/mol. The van der Waals surface area contributed by atoms with Crippen LogP contribution in [0.25, 0.3) is 0 Å². The van der Waals surface area contributed by atoms with E-state index in [0.29, 0.717) is 19.0 Å². The van der Waals surface area contributed by atoms with Gasteiger partial charge in [-0.1, -0.05) is 6.07 Å². The predicted octanol–water partition coefficient (Wildman–Crippen LogP) is 1.82. The van der Waals surface area contributed by atoms with Crippen molar-refractivity contribution in [3.05, 3.63) is 29.8 Å². The first-order valence-corrected chi connectivity index (χ1v) is 9.86. The first-order valence-electron chi connectivity index (χ1n) is 9.86. The van der Waals surface area contributed by atoms with E-state index in [2.05, 4.69) is 34.6 Å². The summed E-state index contributed by atoms with van der Waals surface area (Å²) in [5.74, 6) is -0.320. The lowest BCUT2D eigenvalue weighted by Gasteiger charge is -2.43. The third-order valence-corrected chi connectivity index (χ3v) is 5.96. The number of rotatable bonds is 5. The Labute approximate surface area is 165 Å². The van der Waals surface area contributed by atoms with Gasteiger partial charge in [-0.05, 0) is 45.5 Å². The van der Waals surface area contributed by atoms with Gasteiger partial charge in [0.15, 0.2) is 5.96 Å². The van der Waals surface area contributed by atoms with Crippen molar-refractivity contribution in [2.75, 3.05) is 58.9 Å². The van der Waals surface area contributed by atoms with Gasteiger partial charge in [-0.25, -0.2) is 8.78 Å². The Kier molecular flexibility index (Phi) is 6.72. The molecule has 28 heavy (non-hydrogen) atoms. The van der Waals surface area contributed by atoms with Crippen molar-refractivity contribution in [3.8, 4) is 0 Å². The van der Waals surface area contributed by atoms with Crippen LogP contribution in [0, 0.1) is 11.6 Å². The molecule has 1 unspecified atom stereocenters. The number of anilines is 1. The van der Waals surface area contributed by atoms with Crippen LogP contribution in [0.2, 0.25) is 0 Å². The van der Waals surface area contributed by atoms with Crippen molar-refractivity contribution in [3.63, 3.8) is 0 Å². The fraction of sp³-hybridized carbons (Fsp3) is 0.650. The molecular formula is C20H31F2N5O. The summed E-state index contributed by atoms with van der Waals surface area (Å²) in [5.41, 5.74) is 0.0944. The molecule has 1 aromatic carbocycles. The van der Waals surface area contributed by atoms with Crippen molar-refractivity contribution in [2.45, 2.75) is 30.8 Å². The molecule has 2 aliphatic rings. The molecule has 1 aromatic rings. The molecule has 2 heterocycles. The van der Waals surface area contributed by atoms with Crippen molar-refractivity contribution in [1.82, 2.24) is 15.5 Å². The third kappa shape index (κ3) is 4.55. The van der Waals surface area contributed by atoms with E-state index in [1.807, 2.05) is 0 Å². The summed E-state index contributed by atoms with van der Waals surface area (Å²) < 4.78 is 33.6. The molecule has 1 atom stereocenters. The van der Waals surface area contributed by atoms with Crippen molar-refractivity contribution < 1.29 is 13.5 Å². The highest BCUT2D eigenvalue weighted by Crippen LogP contribution is 2.27. The van der Waals surface area contributed by atoms with Gasteiger partial charge in [-0.3, -0.25) is 4.99 Å². The Balaban J connectivity index is 1.57. The first kappa shape index (κ1) is 20.8. The Morgan fingerprint density at radius 2 is 1.96 bits per heavy atom. The van der Waals surface area contributed by atoms with E-state index in [0.717, 1.165) is 39.0 Å². The highest BCUT2D eigenvalue weighted by atomic mass is 19.1. The van der Waals surface area contributed by atoms with Gasteiger partial charge in [0.05, 0.1) is 0 Å². The van der Waals surface area contributed by atoms with Crippen molar-refractivity contribution >= 4 is 11.6 Å². The third-order valence-electron chi connectivity index (χ3n) is 5.96. The van der Waals surface area contributed by atoms with Gasteiger partial charge < -0.3 is 25.2 Å². The molecule has 0 saturated carbocycles. The summed E-state index contributed by atoms with van der Waals surface area (Å²) in [7, 11) is 5.94. The van der Waals surface area contributed by atoms with Gasteiger partial charge in [-0.15, -0.1) is 0 Å². The van der Waals surface area contributed by atoms with Crippen molar-refractivity contribution in [1.29, 1.82) is 0 Å². The van der Waals surface area contributed by atoms with E-state index in [-0.39, 0.29) is 17.3 Å². The topological polar surface area (TPSA) is 52.1 Å². The number of hydrogen-bond acceptors (Lipinski definition) is 4. The van der Waals surface area contributed by atoms with Gasteiger partial charge in [0.1, 0.15) is 17.3 Å². The largest absolute Gasteiger partial charge is 0.381 e. The summed E-state index contributed by atoms with van der Waals surface area (Å²) in [4.78, 5) is 8.35. The van der Waals surface area contributed by atoms with E-state index in [4.69, 9.17) is 4.74 Å². The molecule has 3 rings (SSSR count). The zero-order valence-corrected chi connectivity index (χ0v) is 17.0. The van der Waals surface area contributed by atoms with E-state index < -0.39 is 11.6 Å². The highest BCUT2D eigenvalue weighted by molar-refractivity contribution is 5.80. The normalized spacial score (nSPS) is 22.6. The quantitative estimate of drug-likeness (QED) is 0.588. The second-order valence-corrected chi connectivity index (χ2v) is 7.80. The fourth-order valence-electron chi connectivity index (χ4n) is 4.04. The number of nitrogens with one attached hydrogen (secondary N) is 2. The van der Waals surface area contributed by atoms with Crippen LogP contribution in [0.4, 0.5) is 14.5 Å². The van der Waals surface area contributed by atoms with Gasteiger partial charge in [0.2, 0.25) is 0 Å². The molecule has 0 amide bonds. The lowest BCUT2D eigenvalue weighted by Crippen LogP contribution is -2.57. The molecule has 0 radical (unpaired) electrons. The number of aliphatic imine (C=N–C) groups is 1. The Hall–Kier alpha value is -1.93.